The Morgan fingerprint density at radius 2 is 1.73 bits per heavy atom. The Kier molecular flexibility index (Phi) is 6.60. The molecule has 2 aromatic rings. The lowest BCUT2D eigenvalue weighted by molar-refractivity contribution is -0.122. The average Bonchev–Trinajstić information content (AvgIpc) is 2.62. The number of amides is 2. The molecule has 0 spiro atoms. The number of carbonyl (C=O) groups excluding carboxylic acids is 2. The molecular formula is C20H25N3O3. The average molecular weight is 355 g/mol. The third kappa shape index (κ3) is 5.24. The van der Waals surface area contributed by atoms with Gasteiger partial charge in [-0.3, -0.25) is 9.59 Å². The normalized spacial score (nSPS) is 12.6. The van der Waals surface area contributed by atoms with Gasteiger partial charge in [-0.15, -0.1) is 0 Å². The van der Waals surface area contributed by atoms with Gasteiger partial charge in [-0.1, -0.05) is 30.3 Å². The summed E-state index contributed by atoms with van der Waals surface area (Å²) in [6, 6.07) is 14.4. The topological polar surface area (TPSA) is 79.5 Å². The van der Waals surface area contributed by atoms with Crippen molar-refractivity contribution >= 4 is 23.2 Å². The highest BCUT2D eigenvalue weighted by molar-refractivity contribution is 5.90. The zero-order valence-electron chi connectivity index (χ0n) is 15.5. The van der Waals surface area contributed by atoms with Crippen LogP contribution in [0.5, 0.6) is 5.75 Å². The number of hydrogen-bond acceptors (Lipinski definition) is 4. The predicted octanol–water partition coefficient (Wildman–Crippen LogP) is 3.33. The van der Waals surface area contributed by atoms with Crippen molar-refractivity contribution < 1.29 is 14.3 Å². The quantitative estimate of drug-likeness (QED) is 0.712. The minimum Gasteiger partial charge on any atom is -0.495 e. The van der Waals surface area contributed by atoms with Gasteiger partial charge >= 0.3 is 0 Å². The Balaban J connectivity index is 2.06. The molecule has 0 heterocycles. The second-order valence-electron chi connectivity index (χ2n) is 6.10. The molecule has 0 aliphatic heterocycles. The van der Waals surface area contributed by atoms with Gasteiger partial charge < -0.3 is 20.7 Å². The summed E-state index contributed by atoms with van der Waals surface area (Å²) in [6.45, 7) is 5.16. The number of rotatable bonds is 7. The molecule has 6 nitrogen and oxygen atoms in total. The second kappa shape index (κ2) is 8.89. The van der Waals surface area contributed by atoms with Crippen LogP contribution in [0.1, 0.15) is 32.4 Å². The van der Waals surface area contributed by atoms with Gasteiger partial charge in [0, 0.05) is 12.6 Å². The number of ether oxygens (including phenoxy) is 1. The van der Waals surface area contributed by atoms with E-state index >= 15 is 0 Å². The van der Waals surface area contributed by atoms with E-state index in [4.69, 9.17) is 4.74 Å². The number of benzene rings is 2. The number of hydrogen-bond donors (Lipinski definition) is 3. The van der Waals surface area contributed by atoms with Gasteiger partial charge in [-0.2, -0.15) is 0 Å². The van der Waals surface area contributed by atoms with Crippen LogP contribution in [0, 0.1) is 0 Å². The van der Waals surface area contributed by atoms with Crippen molar-refractivity contribution in [3.63, 3.8) is 0 Å². The van der Waals surface area contributed by atoms with Crippen molar-refractivity contribution in [1.29, 1.82) is 0 Å². The maximum atomic E-state index is 12.5. The first-order chi connectivity index (χ1) is 12.4. The van der Waals surface area contributed by atoms with Crippen LogP contribution in [-0.4, -0.2) is 25.0 Å². The van der Waals surface area contributed by atoms with Gasteiger partial charge in [0.2, 0.25) is 11.8 Å². The first kappa shape index (κ1) is 19.3. The van der Waals surface area contributed by atoms with E-state index in [2.05, 4.69) is 16.0 Å². The summed E-state index contributed by atoms with van der Waals surface area (Å²) in [7, 11) is 1.56. The van der Waals surface area contributed by atoms with Gasteiger partial charge in [-0.05, 0) is 37.6 Å². The lowest BCUT2D eigenvalue weighted by Crippen LogP contribution is -2.38. The van der Waals surface area contributed by atoms with Crippen LogP contribution in [0.2, 0.25) is 0 Å². The summed E-state index contributed by atoms with van der Waals surface area (Å²) >= 11 is 0. The largest absolute Gasteiger partial charge is 0.495 e. The molecule has 3 N–H and O–H groups in total. The van der Waals surface area contributed by atoms with Crippen molar-refractivity contribution in [1.82, 2.24) is 5.32 Å². The third-order valence-electron chi connectivity index (χ3n) is 3.94. The fourth-order valence-electron chi connectivity index (χ4n) is 2.56. The van der Waals surface area contributed by atoms with Gasteiger partial charge in [-0.25, -0.2) is 0 Å². The molecule has 0 saturated heterocycles. The molecular weight excluding hydrogens is 330 g/mol. The van der Waals surface area contributed by atoms with E-state index in [1.807, 2.05) is 37.3 Å². The summed E-state index contributed by atoms with van der Waals surface area (Å²) in [5.74, 6) is 0.298. The second-order valence-corrected chi connectivity index (χ2v) is 6.10. The molecule has 0 saturated carbocycles. The van der Waals surface area contributed by atoms with Crippen molar-refractivity contribution in [3.05, 3.63) is 54.1 Å². The molecule has 0 bridgehead atoms. The Morgan fingerprint density at radius 3 is 2.35 bits per heavy atom. The lowest BCUT2D eigenvalue weighted by Gasteiger charge is -2.21. The molecule has 0 fully saturated rings. The zero-order valence-corrected chi connectivity index (χ0v) is 15.5. The van der Waals surface area contributed by atoms with E-state index in [1.54, 1.807) is 32.2 Å². The van der Waals surface area contributed by atoms with Gasteiger partial charge in [0.15, 0.2) is 0 Å². The maximum absolute atomic E-state index is 12.5. The Bertz CT molecular complexity index is 762. The van der Waals surface area contributed by atoms with E-state index in [9.17, 15) is 9.59 Å². The minimum absolute atomic E-state index is 0.0967. The first-order valence-electron chi connectivity index (χ1n) is 8.48. The molecule has 0 aromatic heterocycles. The number of carbonyl (C=O) groups is 2. The highest BCUT2D eigenvalue weighted by Gasteiger charge is 2.17. The Hall–Kier alpha value is -3.02. The summed E-state index contributed by atoms with van der Waals surface area (Å²) in [6.07, 6.45) is 0. The van der Waals surface area contributed by atoms with Crippen LogP contribution < -0.4 is 20.7 Å². The molecule has 26 heavy (non-hydrogen) atoms. The van der Waals surface area contributed by atoms with Crippen LogP contribution in [0.4, 0.5) is 11.4 Å². The van der Waals surface area contributed by atoms with E-state index in [-0.39, 0.29) is 17.9 Å². The maximum Gasteiger partial charge on any atom is 0.242 e. The Labute approximate surface area is 153 Å². The minimum atomic E-state index is -0.484. The number of anilines is 2. The Morgan fingerprint density at radius 1 is 1.04 bits per heavy atom. The standard InChI is InChI=1S/C20H25N3O3/c1-13(16-8-6-5-7-9-16)22-20(25)14(2)21-18-12-17(23-15(3)24)10-11-19(18)26-4/h5-14,21H,1-4H3,(H,22,25)(H,23,24)/t13-,14-/m0/s1. The van der Waals surface area contributed by atoms with Gasteiger partial charge in [0.1, 0.15) is 11.8 Å². The third-order valence-corrected chi connectivity index (χ3v) is 3.94. The molecule has 0 radical (unpaired) electrons. The van der Waals surface area contributed by atoms with Crippen LogP contribution in [0.25, 0.3) is 0 Å². The van der Waals surface area contributed by atoms with E-state index in [0.29, 0.717) is 17.1 Å². The zero-order chi connectivity index (χ0) is 19.1. The summed E-state index contributed by atoms with van der Waals surface area (Å²) < 4.78 is 5.33. The van der Waals surface area contributed by atoms with E-state index in [1.165, 1.54) is 6.92 Å². The first-order valence-corrected chi connectivity index (χ1v) is 8.48. The lowest BCUT2D eigenvalue weighted by atomic mass is 10.1. The molecule has 138 valence electrons. The van der Waals surface area contributed by atoms with Crippen LogP contribution in [0.15, 0.2) is 48.5 Å². The molecule has 0 unspecified atom stereocenters. The fourth-order valence-corrected chi connectivity index (χ4v) is 2.56. The molecule has 0 aliphatic rings. The van der Waals surface area contributed by atoms with E-state index in [0.717, 1.165) is 5.56 Å². The predicted molar refractivity (Wildman–Crippen MR) is 103 cm³/mol. The molecule has 0 aliphatic carbocycles. The summed E-state index contributed by atoms with van der Waals surface area (Å²) in [5, 5.41) is 8.85. The molecule has 2 amide bonds. The SMILES string of the molecule is COc1ccc(NC(C)=O)cc1N[C@@H](C)C(=O)N[C@@H](C)c1ccccc1. The highest BCUT2D eigenvalue weighted by atomic mass is 16.5. The van der Waals surface area contributed by atoms with Crippen molar-refractivity contribution in [2.24, 2.45) is 0 Å². The van der Waals surface area contributed by atoms with Crippen LogP contribution in [0.3, 0.4) is 0 Å². The van der Waals surface area contributed by atoms with Gasteiger partial charge in [0.25, 0.3) is 0 Å². The van der Waals surface area contributed by atoms with Crippen molar-refractivity contribution in [3.8, 4) is 5.75 Å². The van der Waals surface area contributed by atoms with Crippen molar-refractivity contribution in [2.75, 3.05) is 17.7 Å². The monoisotopic (exact) mass is 355 g/mol. The van der Waals surface area contributed by atoms with Gasteiger partial charge in [0.05, 0.1) is 18.8 Å². The molecule has 2 rings (SSSR count). The van der Waals surface area contributed by atoms with Crippen molar-refractivity contribution in [2.45, 2.75) is 32.9 Å². The fraction of sp³-hybridized carbons (Fsp3) is 0.300. The molecule has 6 heteroatoms. The van der Waals surface area contributed by atoms with E-state index < -0.39 is 6.04 Å². The smallest absolute Gasteiger partial charge is 0.242 e. The summed E-state index contributed by atoms with van der Waals surface area (Å²) in [5.41, 5.74) is 2.30. The molecule has 2 atom stereocenters. The number of nitrogens with one attached hydrogen (secondary N) is 3. The summed E-state index contributed by atoms with van der Waals surface area (Å²) in [4.78, 5) is 23.7. The van der Waals surface area contributed by atoms with Crippen LogP contribution in [-0.2, 0) is 9.59 Å². The number of methoxy groups -OCH3 is 1. The molecule has 2 aromatic carbocycles. The van der Waals surface area contributed by atoms with Crippen LogP contribution >= 0.6 is 0 Å². The highest BCUT2D eigenvalue weighted by Crippen LogP contribution is 2.28.